The van der Waals surface area contributed by atoms with Gasteiger partial charge in [-0.15, -0.1) is 0 Å². The zero-order valence-electron chi connectivity index (χ0n) is 13.9. The molecule has 6 nitrogen and oxygen atoms in total. The van der Waals surface area contributed by atoms with E-state index in [4.69, 9.17) is 0 Å². The number of rotatable bonds is 4. The van der Waals surface area contributed by atoms with Crippen molar-refractivity contribution in [2.75, 3.05) is 18.0 Å². The van der Waals surface area contributed by atoms with Crippen LogP contribution in [0, 0.1) is 16.0 Å². The van der Waals surface area contributed by atoms with Gasteiger partial charge in [-0.25, -0.2) is 0 Å². The first kappa shape index (κ1) is 16.7. The number of nitrogens with zero attached hydrogens (tertiary/aromatic N) is 2. The first-order valence-corrected chi connectivity index (χ1v) is 8.94. The molecule has 1 saturated carbocycles. The Balaban J connectivity index is 1.56. The molecular formula is C18H25N3O3. The number of nitro benzene ring substituents is 1. The molecule has 0 unspecified atom stereocenters. The average Bonchev–Trinajstić information content (AvgIpc) is 2.62. The molecule has 0 atom stereocenters. The summed E-state index contributed by atoms with van der Waals surface area (Å²) in [5.74, 6) is 0.204. The fourth-order valence-corrected chi connectivity index (χ4v) is 3.83. The maximum Gasteiger partial charge on any atom is 0.292 e. The lowest BCUT2D eigenvalue weighted by Gasteiger charge is -2.33. The van der Waals surface area contributed by atoms with Crippen LogP contribution in [-0.2, 0) is 4.79 Å². The van der Waals surface area contributed by atoms with Crippen LogP contribution in [0.5, 0.6) is 0 Å². The summed E-state index contributed by atoms with van der Waals surface area (Å²) >= 11 is 0. The number of hydrogen-bond acceptors (Lipinski definition) is 4. The van der Waals surface area contributed by atoms with E-state index in [9.17, 15) is 14.9 Å². The van der Waals surface area contributed by atoms with Crippen molar-refractivity contribution >= 4 is 17.3 Å². The highest BCUT2D eigenvalue weighted by molar-refractivity contribution is 5.79. The van der Waals surface area contributed by atoms with Crippen molar-refractivity contribution < 1.29 is 9.72 Å². The lowest BCUT2D eigenvalue weighted by Crippen LogP contribution is -2.44. The molecule has 24 heavy (non-hydrogen) atoms. The Labute approximate surface area is 142 Å². The summed E-state index contributed by atoms with van der Waals surface area (Å²) < 4.78 is 0. The highest BCUT2D eigenvalue weighted by Crippen LogP contribution is 2.31. The Morgan fingerprint density at radius 3 is 2.42 bits per heavy atom. The van der Waals surface area contributed by atoms with E-state index in [2.05, 4.69) is 5.32 Å². The van der Waals surface area contributed by atoms with Crippen molar-refractivity contribution in [3.63, 3.8) is 0 Å². The van der Waals surface area contributed by atoms with Gasteiger partial charge in [0.2, 0.25) is 5.91 Å². The van der Waals surface area contributed by atoms with Gasteiger partial charge in [0.1, 0.15) is 5.69 Å². The Hall–Kier alpha value is -2.11. The molecule has 1 N–H and O–H groups in total. The van der Waals surface area contributed by atoms with Gasteiger partial charge in [0.15, 0.2) is 0 Å². The number of carbonyl (C=O) groups excluding carboxylic acids is 1. The molecule has 130 valence electrons. The topological polar surface area (TPSA) is 75.5 Å². The van der Waals surface area contributed by atoms with Crippen LogP contribution in [0.25, 0.3) is 0 Å². The maximum atomic E-state index is 12.4. The largest absolute Gasteiger partial charge is 0.366 e. The summed E-state index contributed by atoms with van der Waals surface area (Å²) in [5.41, 5.74) is 0.802. The number of anilines is 1. The predicted octanol–water partition coefficient (Wildman–Crippen LogP) is 3.26. The van der Waals surface area contributed by atoms with E-state index in [1.165, 1.54) is 25.3 Å². The number of nitro groups is 1. The van der Waals surface area contributed by atoms with Crippen LogP contribution in [0.3, 0.4) is 0 Å². The molecule has 0 spiro atoms. The molecule has 0 aromatic heterocycles. The van der Waals surface area contributed by atoms with Gasteiger partial charge in [-0.2, -0.15) is 0 Å². The van der Waals surface area contributed by atoms with Gasteiger partial charge in [0, 0.05) is 31.1 Å². The van der Waals surface area contributed by atoms with Gasteiger partial charge < -0.3 is 10.2 Å². The van der Waals surface area contributed by atoms with Gasteiger partial charge >= 0.3 is 0 Å². The lowest BCUT2D eigenvalue weighted by molar-refractivity contribution is -0.384. The second kappa shape index (κ2) is 7.64. The maximum absolute atomic E-state index is 12.4. The SMILES string of the molecule is O=C(NC1CCCCC1)C1CCN(c2ccccc2[N+](=O)[O-])CC1. The molecule has 1 heterocycles. The van der Waals surface area contributed by atoms with Gasteiger partial charge in [-0.1, -0.05) is 31.4 Å². The van der Waals surface area contributed by atoms with Crippen LogP contribution in [0.4, 0.5) is 11.4 Å². The summed E-state index contributed by atoms with van der Waals surface area (Å²) in [5, 5.41) is 14.4. The van der Waals surface area contributed by atoms with Crippen LogP contribution in [0.15, 0.2) is 24.3 Å². The summed E-state index contributed by atoms with van der Waals surface area (Å²) in [7, 11) is 0. The molecule has 0 bridgehead atoms. The quantitative estimate of drug-likeness (QED) is 0.679. The van der Waals surface area contributed by atoms with Gasteiger partial charge in [-0.05, 0) is 31.7 Å². The molecule has 0 radical (unpaired) electrons. The fourth-order valence-electron chi connectivity index (χ4n) is 3.83. The molecule has 6 heteroatoms. The molecule has 1 aromatic carbocycles. The molecule has 1 aromatic rings. The van der Waals surface area contributed by atoms with Crippen molar-refractivity contribution in [1.82, 2.24) is 5.32 Å². The molecule has 3 rings (SSSR count). The summed E-state index contributed by atoms with van der Waals surface area (Å²) in [6.07, 6.45) is 7.40. The predicted molar refractivity (Wildman–Crippen MR) is 93.0 cm³/mol. The lowest BCUT2D eigenvalue weighted by atomic mass is 9.92. The first-order valence-electron chi connectivity index (χ1n) is 8.94. The molecule has 1 saturated heterocycles. The number of hydrogen-bond donors (Lipinski definition) is 1. The minimum atomic E-state index is -0.336. The molecule has 2 aliphatic rings. The number of benzene rings is 1. The fraction of sp³-hybridized carbons (Fsp3) is 0.611. The average molecular weight is 331 g/mol. The van der Waals surface area contributed by atoms with Gasteiger partial charge in [0.25, 0.3) is 5.69 Å². The van der Waals surface area contributed by atoms with Crippen molar-refractivity contribution in [3.05, 3.63) is 34.4 Å². The van der Waals surface area contributed by atoms with Gasteiger partial charge in [0.05, 0.1) is 4.92 Å². The standard InChI is InChI=1S/C18H25N3O3/c22-18(19-15-6-2-1-3-7-15)14-10-12-20(13-11-14)16-8-4-5-9-17(16)21(23)24/h4-5,8-9,14-15H,1-3,6-7,10-13H2,(H,19,22). The van der Waals surface area contributed by atoms with Crippen LogP contribution in [0.2, 0.25) is 0 Å². The zero-order chi connectivity index (χ0) is 16.9. The van der Waals surface area contributed by atoms with Crippen LogP contribution >= 0.6 is 0 Å². The van der Waals surface area contributed by atoms with Crippen molar-refractivity contribution in [3.8, 4) is 0 Å². The third-order valence-corrected chi connectivity index (χ3v) is 5.24. The minimum Gasteiger partial charge on any atom is -0.366 e. The normalized spacial score (nSPS) is 19.9. The summed E-state index contributed by atoms with van der Waals surface area (Å²) in [6, 6.07) is 7.19. The Kier molecular flexibility index (Phi) is 5.33. The van der Waals surface area contributed by atoms with E-state index in [1.807, 2.05) is 11.0 Å². The third-order valence-electron chi connectivity index (χ3n) is 5.24. The molecular weight excluding hydrogens is 306 g/mol. The monoisotopic (exact) mass is 331 g/mol. The number of amides is 1. The van der Waals surface area contributed by atoms with E-state index in [-0.39, 0.29) is 22.4 Å². The van der Waals surface area contributed by atoms with Gasteiger partial charge in [-0.3, -0.25) is 14.9 Å². The Morgan fingerprint density at radius 2 is 1.75 bits per heavy atom. The Bertz CT molecular complexity index is 591. The van der Waals surface area contributed by atoms with E-state index < -0.39 is 0 Å². The van der Waals surface area contributed by atoms with E-state index in [0.717, 1.165) is 25.7 Å². The van der Waals surface area contributed by atoms with Crippen LogP contribution in [0.1, 0.15) is 44.9 Å². The number of para-hydroxylation sites is 2. The minimum absolute atomic E-state index is 0.0333. The highest BCUT2D eigenvalue weighted by Gasteiger charge is 2.29. The van der Waals surface area contributed by atoms with Crippen molar-refractivity contribution in [2.45, 2.75) is 51.0 Å². The third kappa shape index (κ3) is 3.86. The van der Waals surface area contributed by atoms with Crippen LogP contribution < -0.4 is 10.2 Å². The number of nitrogens with one attached hydrogen (secondary N) is 1. The summed E-state index contributed by atoms with van der Waals surface area (Å²) in [4.78, 5) is 25.3. The van der Waals surface area contributed by atoms with E-state index >= 15 is 0 Å². The smallest absolute Gasteiger partial charge is 0.292 e. The number of carbonyl (C=O) groups is 1. The van der Waals surface area contributed by atoms with E-state index in [0.29, 0.717) is 24.8 Å². The second-order valence-electron chi connectivity index (χ2n) is 6.85. The van der Waals surface area contributed by atoms with Crippen molar-refractivity contribution in [2.24, 2.45) is 5.92 Å². The van der Waals surface area contributed by atoms with Crippen molar-refractivity contribution in [1.29, 1.82) is 0 Å². The summed E-state index contributed by atoms with van der Waals surface area (Å²) in [6.45, 7) is 1.38. The second-order valence-corrected chi connectivity index (χ2v) is 6.85. The number of piperidine rings is 1. The molecule has 2 fully saturated rings. The molecule has 1 aliphatic carbocycles. The van der Waals surface area contributed by atoms with Crippen LogP contribution in [-0.4, -0.2) is 30.0 Å². The van der Waals surface area contributed by atoms with E-state index in [1.54, 1.807) is 12.1 Å². The molecule has 1 aliphatic heterocycles. The highest BCUT2D eigenvalue weighted by atomic mass is 16.6. The first-order chi connectivity index (χ1) is 11.6. The molecule has 1 amide bonds. The zero-order valence-corrected chi connectivity index (χ0v) is 13.9. The Morgan fingerprint density at radius 1 is 1.08 bits per heavy atom.